The number of rotatable bonds is 5. The second-order valence-electron chi connectivity index (χ2n) is 7.12. The Hall–Kier alpha value is -2.71. The van der Waals surface area contributed by atoms with Crippen molar-refractivity contribution in [3.05, 3.63) is 59.1 Å². The second kappa shape index (κ2) is 8.34. The Balaban J connectivity index is 1.43. The van der Waals surface area contributed by atoms with Crippen LogP contribution in [-0.4, -0.2) is 52.5 Å². The Bertz CT molecular complexity index is 1020. The number of benzene rings is 2. The smallest absolute Gasteiger partial charge is 0.199 e. The highest BCUT2D eigenvalue weighted by molar-refractivity contribution is 7.71. The summed E-state index contributed by atoms with van der Waals surface area (Å²) < 4.78 is 22.9. The van der Waals surface area contributed by atoms with Crippen LogP contribution in [0.15, 0.2) is 48.5 Å². The highest BCUT2D eigenvalue weighted by Gasteiger charge is 2.19. The molecular weight excluding hydrogens is 389 g/mol. The summed E-state index contributed by atoms with van der Waals surface area (Å²) in [7, 11) is 3.60. The molecule has 0 aliphatic carbocycles. The van der Waals surface area contributed by atoms with Crippen LogP contribution in [0.25, 0.3) is 11.4 Å². The van der Waals surface area contributed by atoms with Crippen molar-refractivity contribution in [3.8, 4) is 17.1 Å². The highest BCUT2D eigenvalue weighted by Crippen LogP contribution is 2.21. The molecule has 0 atom stereocenters. The Labute approximate surface area is 174 Å². The second-order valence-corrected chi connectivity index (χ2v) is 7.48. The van der Waals surface area contributed by atoms with Gasteiger partial charge in [-0.1, -0.05) is 0 Å². The quantitative estimate of drug-likeness (QED) is 0.598. The molecule has 8 heteroatoms. The van der Waals surface area contributed by atoms with Gasteiger partial charge in [-0.15, -0.1) is 0 Å². The first-order valence-electron chi connectivity index (χ1n) is 9.56. The summed E-state index contributed by atoms with van der Waals surface area (Å²) in [5.74, 6) is 1.45. The third kappa shape index (κ3) is 4.18. The van der Waals surface area contributed by atoms with Crippen molar-refractivity contribution in [1.29, 1.82) is 0 Å². The number of ether oxygens (including phenoxy) is 1. The fourth-order valence-corrected chi connectivity index (χ4v) is 3.75. The normalized spacial score (nSPS) is 14.9. The minimum absolute atomic E-state index is 0.204. The molecule has 4 rings (SSSR count). The van der Waals surface area contributed by atoms with Gasteiger partial charge in [-0.25, -0.2) is 9.07 Å². The number of methoxy groups -OCH3 is 1. The van der Waals surface area contributed by atoms with Crippen LogP contribution in [0.3, 0.4) is 0 Å². The molecule has 1 aliphatic heterocycles. The summed E-state index contributed by atoms with van der Waals surface area (Å²) in [4.78, 5) is 4.61. The van der Waals surface area contributed by atoms with E-state index in [0.717, 1.165) is 49.0 Å². The van der Waals surface area contributed by atoms with Gasteiger partial charge in [0.2, 0.25) is 0 Å². The van der Waals surface area contributed by atoms with Gasteiger partial charge in [-0.2, -0.15) is 5.10 Å². The van der Waals surface area contributed by atoms with E-state index in [-0.39, 0.29) is 5.82 Å². The molecule has 152 valence electrons. The van der Waals surface area contributed by atoms with Crippen molar-refractivity contribution in [3.63, 3.8) is 0 Å². The van der Waals surface area contributed by atoms with E-state index in [1.165, 1.54) is 12.1 Å². The van der Waals surface area contributed by atoms with E-state index in [2.05, 4.69) is 9.80 Å². The lowest BCUT2D eigenvalue weighted by Crippen LogP contribution is -2.47. The van der Waals surface area contributed by atoms with Gasteiger partial charge in [0.25, 0.3) is 0 Å². The number of aromatic nitrogens is 3. The molecule has 2 heterocycles. The van der Waals surface area contributed by atoms with E-state index < -0.39 is 0 Å². The van der Waals surface area contributed by atoms with Gasteiger partial charge in [0.05, 0.1) is 13.8 Å². The number of nitrogens with zero attached hydrogens (tertiary/aromatic N) is 5. The first kappa shape index (κ1) is 19.6. The molecule has 0 spiro atoms. The molecule has 29 heavy (non-hydrogen) atoms. The van der Waals surface area contributed by atoms with Gasteiger partial charge < -0.3 is 14.2 Å². The van der Waals surface area contributed by atoms with Gasteiger partial charge in [-0.05, 0) is 60.7 Å². The van der Waals surface area contributed by atoms with Crippen LogP contribution >= 0.6 is 12.2 Å². The number of hydrogen-bond donors (Lipinski definition) is 0. The largest absolute Gasteiger partial charge is 0.497 e. The molecule has 0 unspecified atom stereocenters. The molecule has 0 amide bonds. The Kier molecular flexibility index (Phi) is 5.64. The zero-order valence-corrected chi connectivity index (χ0v) is 17.4. The monoisotopic (exact) mass is 413 g/mol. The van der Waals surface area contributed by atoms with E-state index in [1.807, 2.05) is 52.7 Å². The lowest BCUT2D eigenvalue weighted by molar-refractivity contribution is 0.194. The minimum Gasteiger partial charge on any atom is -0.497 e. The molecule has 0 bridgehead atoms. The fourth-order valence-electron chi connectivity index (χ4n) is 3.56. The van der Waals surface area contributed by atoms with E-state index in [1.54, 1.807) is 7.11 Å². The molecular formula is C21H24FN5OS. The zero-order valence-electron chi connectivity index (χ0n) is 16.6. The van der Waals surface area contributed by atoms with Crippen LogP contribution < -0.4 is 9.64 Å². The third-order valence-corrected chi connectivity index (χ3v) is 5.77. The lowest BCUT2D eigenvalue weighted by Gasteiger charge is -2.35. The van der Waals surface area contributed by atoms with Crippen LogP contribution in [-0.2, 0) is 13.7 Å². The topological polar surface area (TPSA) is 38.5 Å². The average Bonchev–Trinajstić information content (AvgIpc) is 3.03. The average molecular weight is 414 g/mol. The molecule has 0 saturated carbocycles. The van der Waals surface area contributed by atoms with E-state index in [4.69, 9.17) is 22.1 Å². The molecule has 1 aromatic heterocycles. The summed E-state index contributed by atoms with van der Waals surface area (Å²) in [5, 5.41) is 4.75. The molecule has 0 N–H and O–H groups in total. The van der Waals surface area contributed by atoms with Crippen LogP contribution in [0.5, 0.6) is 5.75 Å². The van der Waals surface area contributed by atoms with Crippen LogP contribution in [0.2, 0.25) is 0 Å². The maximum atomic E-state index is 13.1. The predicted octanol–water partition coefficient (Wildman–Crippen LogP) is 3.55. The van der Waals surface area contributed by atoms with Gasteiger partial charge in [-0.3, -0.25) is 4.90 Å². The summed E-state index contributed by atoms with van der Waals surface area (Å²) in [6.07, 6.45) is 0. The Morgan fingerprint density at radius 3 is 2.28 bits per heavy atom. The molecule has 0 radical (unpaired) electrons. The van der Waals surface area contributed by atoms with Crippen molar-refractivity contribution in [2.24, 2.45) is 7.05 Å². The third-order valence-electron chi connectivity index (χ3n) is 5.29. The molecule has 6 nitrogen and oxygen atoms in total. The number of halogens is 1. The first-order chi connectivity index (χ1) is 14.0. The van der Waals surface area contributed by atoms with Gasteiger partial charge in [0, 0.05) is 44.5 Å². The van der Waals surface area contributed by atoms with Crippen molar-refractivity contribution in [2.75, 3.05) is 38.2 Å². The highest BCUT2D eigenvalue weighted by atomic mass is 32.1. The number of piperazine rings is 1. The molecule has 3 aromatic rings. The maximum Gasteiger partial charge on any atom is 0.199 e. The SMILES string of the molecule is COc1ccc(-c2nn(CN3CCN(c4ccc(F)cc4)CC3)c(=S)n2C)cc1. The van der Waals surface area contributed by atoms with E-state index in [0.29, 0.717) is 11.4 Å². The predicted molar refractivity (Wildman–Crippen MR) is 114 cm³/mol. The standard InChI is InChI=1S/C21H24FN5OS/c1-24-20(16-3-9-19(28-2)10-4-16)23-27(21(24)29)15-25-11-13-26(14-12-25)18-7-5-17(22)6-8-18/h3-10H,11-15H2,1-2H3. The zero-order chi connectivity index (χ0) is 20.4. The number of hydrogen-bond acceptors (Lipinski definition) is 5. The molecule has 1 saturated heterocycles. The van der Waals surface area contributed by atoms with E-state index >= 15 is 0 Å². The van der Waals surface area contributed by atoms with Gasteiger partial charge in [0.15, 0.2) is 10.6 Å². The molecule has 1 fully saturated rings. The van der Waals surface area contributed by atoms with Crippen molar-refractivity contribution >= 4 is 17.9 Å². The number of anilines is 1. The Morgan fingerprint density at radius 2 is 1.66 bits per heavy atom. The van der Waals surface area contributed by atoms with Gasteiger partial charge in [0.1, 0.15) is 11.6 Å². The maximum absolute atomic E-state index is 13.1. The van der Waals surface area contributed by atoms with Crippen LogP contribution in [0.1, 0.15) is 0 Å². The fraction of sp³-hybridized carbons (Fsp3) is 0.333. The summed E-state index contributed by atoms with van der Waals surface area (Å²) in [6.45, 7) is 4.22. The van der Waals surface area contributed by atoms with Crippen molar-refractivity contribution in [2.45, 2.75) is 6.67 Å². The molecule has 2 aromatic carbocycles. The summed E-state index contributed by atoms with van der Waals surface area (Å²) in [6, 6.07) is 14.5. The molecule has 1 aliphatic rings. The Morgan fingerprint density at radius 1 is 1.00 bits per heavy atom. The summed E-state index contributed by atoms with van der Waals surface area (Å²) in [5.41, 5.74) is 2.06. The van der Waals surface area contributed by atoms with E-state index in [9.17, 15) is 4.39 Å². The van der Waals surface area contributed by atoms with Crippen LogP contribution in [0.4, 0.5) is 10.1 Å². The van der Waals surface area contributed by atoms with Crippen LogP contribution in [0, 0.1) is 10.6 Å². The lowest BCUT2D eigenvalue weighted by atomic mass is 10.2. The van der Waals surface area contributed by atoms with Crippen molar-refractivity contribution in [1.82, 2.24) is 19.2 Å². The van der Waals surface area contributed by atoms with Gasteiger partial charge >= 0.3 is 0 Å². The summed E-state index contributed by atoms with van der Waals surface area (Å²) >= 11 is 5.61. The first-order valence-corrected chi connectivity index (χ1v) is 9.97. The van der Waals surface area contributed by atoms with Crippen molar-refractivity contribution < 1.29 is 9.13 Å². The minimum atomic E-state index is -0.204.